The minimum absolute atomic E-state index is 0.264. The van der Waals surface area contributed by atoms with Crippen molar-refractivity contribution in [3.63, 3.8) is 0 Å². The number of piperazine rings is 1. The molecule has 6 heteroatoms. The molecule has 0 unspecified atom stereocenters. The van der Waals surface area contributed by atoms with Crippen LogP contribution in [0.1, 0.15) is 17.2 Å². The molecule has 2 saturated heterocycles. The van der Waals surface area contributed by atoms with Crippen molar-refractivity contribution >= 4 is 0 Å². The second-order valence-corrected chi connectivity index (χ2v) is 5.11. The molecule has 0 spiro atoms. The van der Waals surface area contributed by atoms with Crippen LogP contribution in [0.5, 0.6) is 0 Å². The zero-order chi connectivity index (χ0) is 14.1. The topological polar surface area (TPSA) is 48.3 Å². The number of rotatable bonds is 1. The van der Waals surface area contributed by atoms with Gasteiger partial charge >= 0.3 is 0 Å². The van der Waals surface area contributed by atoms with Crippen LogP contribution in [0.3, 0.4) is 0 Å². The molecule has 106 valence electrons. The Bertz CT molecular complexity index is 558. The first-order valence-corrected chi connectivity index (χ1v) is 6.65. The molecule has 1 aromatic rings. The maximum atomic E-state index is 14.2. The van der Waals surface area contributed by atoms with Crippen LogP contribution in [-0.4, -0.2) is 43.7 Å². The lowest BCUT2D eigenvalue weighted by atomic mass is 10.0. The van der Waals surface area contributed by atoms with Gasteiger partial charge in [-0.2, -0.15) is 5.26 Å². The third-order valence-corrected chi connectivity index (χ3v) is 3.94. The summed E-state index contributed by atoms with van der Waals surface area (Å²) in [5.74, 6) is -1.63. The molecule has 3 rings (SSSR count). The smallest absolute Gasteiger partial charge is 0.149 e. The fourth-order valence-corrected chi connectivity index (χ4v) is 2.81. The molecule has 0 radical (unpaired) electrons. The summed E-state index contributed by atoms with van der Waals surface area (Å²) >= 11 is 0. The van der Waals surface area contributed by atoms with Crippen molar-refractivity contribution in [3.05, 3.63) is 34.9 Å². The van der Waals surface area contributed by atoms with Crippen LogP contribution in [0.4, 0.5) is 8.78 Å². The number of ether oxygens (including phenoxy) is 1. The van der Waals surface area contributed by atoms with E-state index in [9.17, 15) is 8.78 Å². The molecule has 2 aliphatic rings. The van der Waals surface area contributed by atoms with Gasteiger partial charge in [-0.05, 0) is 6.07 Å². The van der Waals surface area contributed by atoms with E-state index in [1.54, 1.807) is 6.07 Å². The SMILES string of the molecule is N#Cc1c(F)ccc([C@H]2CN3CCNC[C@@H]3CO2)c1F. The lowest BCUT2D eigenvalue weighted by Gasteiger charge is -2.42. The minimum atomic E-state index is -0.829. The van der Waals surface area contributed by atoms with Crippen molar-refractivity contribution in [2.24, 2.45) is 0 Å². The maximum absolute atomic E-state index is 14.2. The van der Waals surface area contributed by atoms with Gasteiger partial charge in [0.15, 0.2) is 0 Å². The van der Waals surface area contributed by atoms with Gasteiger partial charge in [-0.25, -0.2) is 8.78 Å². The summed E-state index contributed by atoms with van der Waals surface area (Å²) in [6.07, 6.45) is -0.447. The predicted molar refractivity (Wildman–Crippen MR) is 68.0 cm³/mol. The Balaban J connectivity index is 1.85. The number of halogens is 2. The molecule has 0 aromatic heterocycles. The van der Waals surface area contributed by atoms with Gasteiger partial charge in [-0.1, -0.05) is 6.07 Å². The van der Waals surface area contributed by atoms with Crippen molar-refractivity contribution < 1.29 is 13.5 Å². The summed E-state index contributed by atoms with van der Waals surface area (Å²) in [4.78, 5) is 2.25. The number of morpholine rings is 1. The lowest BCUT2D eigenvalue weighted by molar-refractivity contribution is -0.0730. The highest BCUT2D eigenvalue weighted by atomic mass is 19.1. The molecule has 1 N–H and O–H groups in total. The number of fused-ring (bicyclic) bond motifs is 1. The Morgan fingerprint density at radius 2 is 2.25 bits per heavy atom. The first-order chi connectivity index (χ1) is 9.70. The Hall–Kier alpha value is -1.55. The van der Waals surface area contributed by atoms with Crippen molar-refractivity contribution in [1.82, 2.24) is 10.2 Å². The molecule has 0 bridgehead atoms. The highest BCUT2D eigenvalue weighted by Crippen LogP contribution is 2.29. The number of nitrogens with one attached hydrogen (secondary N) is 1. The Labute approximate surface area is 115 Å². The summed E-state index contributed by atoms with van der Waals surface area (Å²) in [6, 6.07) is 4.38. The van der Waals surface area contributed by atoms with Gasteiger partial charge in [0.25, 0.3) is 0 Å². The van der Waals surface area contributed by atoms with Gasteiger partial charge in [0.1, 0.15) is 23.3 Å². The molecule has 0 aliphatic carbocycles. The molecule has 4 nitrogen and oxygen atoms in total. The predicted octanol–water partition coefficient (Wildman–Crippen LogP) is 1.18. The monoisotopic (exact) mass is 279 g/mol. The van der Waals surface area contributed by atoms with Crippen molar-refractivity contribution in [3.8, 4) is 6.07 Å². The number of nitriles is 1. The van der Waals surface area contributed by atoms with Crippen LogP contribution in [0.25, 0.3) is 0 Å². The van der Waals surface area contributed by atoms with Crippen molar-refractivity contribution in [2.45, 2.75) is 12.1 Å². The maximum Gasteiger partial charge on any atom is 0.149 e. The van der Waals surface area contributed by atoms with E-state index in [1.165, 1.54) is 6.07 Å². The molecule has 20 heavy (non-hydrogen) atoms. The Kier molecular flexibility index (Phi) is 3.66. The second-order valence-electron chi connectivity index (χ2n) is 5.11. The first kappa shape index (κ1) is 13.4. The quantitative estimate of drug-likeness (QED) is 0.838. The molecule has 0 amide bonds. The van der Waals surface area contributed by atoms with Gasteiger partial charge < -0.3 is 10.1 Å². The fourth-order valence-electron chi connectivity index (χ4n) is 2.81. The molecule has 2 atom stereocenters. The van der Waals surface area contributed by atoms with Crippen LogP contribution in [-0.2, 0) is 4.74 Å². The molecule has 2 heterocycles. The Morgan fingerprint density at radius 3 is 3.05 bits per heavy atom. The van der Waals surface area contributed by atoms with Crippen molar-refractivity contribution in [1.29, 1.82) is 5.26 Å². The van der Waals surface area contributed by atoms with E-state index < -0.39 is 23.3 Å². The minimum Gasteiger partial charge on any atom is -0.370 e. The van der Waals surface area contributed by atoms with Crippen LogP contribution in [0.2, 0.25) is 0 Å². The number of nitrogens with zero attached hydrogens (tertiary/aromatic N) is 2. The van der Waals surface area contributed by atoms with Gasteiger partial charge in [-0.3, -0.25) is 4.90 Å². The summed E-state index contributed by atoms with van der Waals surface area (Å²) < 4.78 is 33.2. The molecule has 2 fully saturated rings. The van der Waals surface area contributed by atoms with Gasteiger partial charge in [0.2, 0.25) is 0 Å². The van der Waals surface area contributed by atoms with Gasteiger partial charge in [0.05, 0.1) is 12.7 Å². The Morgan fingerprint density at radius 1 is 1.40 bits per heavy atom. The van der Waals surface area contributed by atoms with Gasteiger partial charge in [-0.15, -0.1) is 0 Å². The van der Waals surface area contributed by atoms with Gasteiger partial charge in [0, 0.05) is 37.8 Å². The van der Waals surface area contributed by atoms with E-state index in [0.29, 0.717) is 19.2 Å². The average molecular weight is 279 g/mol. The third kappa shape index (κ3) is 2.29. The highest BCUT2D eigenvalue weighted by Gasteiger charge is 2.33. The first-order valence-electron chi connectivity index (χ1n) is 6.65. The molecule has 1 aromatic carbocycles. The third-order valence-electron chi connectivity index (χ3n) is 3.94. The highest BCUT2D eigenvalue weighted by molar-refractivity contribution is 5.37. The van der Waals surface area contributed by atoms with E-state index in [0.717, 1.165) is 25.7 Å². The molecule has 0 saturated carbocycles. The summed E-state index contributed by atoms with van der Waals surface area (Å²) in [6.45, 7) is 3.73. The van der Waals surface area contributed by atoms with Crippen LogP contribution in [0, 0.1) is 23.0 Å². The van der Waals surface area contributed by atoms with Crippen molar-refractivity contribution in [2.75, 3.05) is 32.8 Å². The standard InChI is InChI=1S/C14H15F2N3O/c15-12-2-1-10(14(16)11(12)5-17)13-7-19-4-3-18-6-9(19)8-20-13/h1-2,9,13,18H,3-4,6-8H2/t9-,13-/m1/s1. The zero-order valence-electron chi connectivity index (χ0n) is 10.9. The summed E-state index contributed by atoms with van der Waals surface area (Å²) in [7, 11) is 0. The fraction of sp³-hybridized carbons (Fsp3) is 0.500. The van der Waals surface area contributed by atoms with Crippen LogP contribution >= 0.6 is 0 Å². The molecular formula is C14H15F2N3O. The zero-order valence-corrected chi connectivity index (χ0v) is 10.9. The lowest BCUT2D eigenvalue weighted by Crippen LogP contribution is -2.57. The summed E-state index contributed by atoms with van der Waals surface area (Å²) in [5, 5.41) is 12.1. The van der Waals surface area contributed by atoms with Crippen LogP contribution in [0.15, 0.2) is 12.1 Å². The van der Waals surface area contributed by atoms with Crippen LogP contribution < -0.4 is 5.32 Å². The second kappa shape index (κ2) is 5.44. The largest absolute Gasteiger partial charge is 0.370 e. The number of benzene rings is 1. The normalized spacial score (nSPS) is 26.9. The van der Waals surface area contributed by atoms with E-state index in [2.05, 4.69) is 10.2 Å². The molecule has 2 aliphatic heterocycles. The number of hydrogen-bond acceptors (Lipinski definition) is 4. The van der Waals surface area contributed by atoms with E-state index in [1.807, 2.05) is 0 Å². The summed E-state index contributed by atoms with van der Waals surface area (Å²) in [5.41, 5.74) is -0.270. The van der Waals surface area contributed by atoms with E-state index >= 15 is 0 Å². The van der Waals surface area contributed by atoms with E-state index in [4.69, 9.17) is 10.00 Å². The van der Waals surface area contributed by atoms with E-state index in [-0.39, 0.29) is 5.56 Å². The average Bonchev–Trinajstić information content (AvgIpc) is 2.47. The number of hydrogen-bond donors (Lipinski definition) is 1. The molecular weight excluding hydrogens is 264 g/mol.